The van der Waals surface area contributed by atoms with Crippen molar-refractivity contribution in [3.8, 4) is 0 Å². The molecule has 2 N–H and O–H groups in total. The summed E-state index contributed by atoms with van der Waals surface area (Å²) in [5.41, 5.74) is 0. The lowest BCUT2D eigenvalue weighted by Crippen LogP contribution is -2.12. The molecule has 6 heteroatoms. The van der Waals surface area contributed by atoms with Gasteiger partial charge in [0.2, 0.25) is 0 Å². The van der Waals surface area contributed by atoms with Crippen molar-refractivity contribution in [1.29, 1.82) is 0 Å². The van der Waals surface area contributed by atoms with Gasteiger partial charge in [-0.3, -0.25) is 5.14 Å². The summed E-state index contributed by atoms with van der Waals surface area (Å²) in [5.74, 6) is 0.559. The Bertz CT molecular complexity index is 769. The van der Waals surface area contributed by atoms with Crippen LogP contribution in [0.25, 0.3) is 0 Å². The second kappa shape index (κ2) is 6.52. The lowest BCUT2D eigenvalue weighted by Gasteiger charge is -2.34. The second-order valence-corrected chi connectivity index (χ2v) is 8.41. The normalized spacial score (nSPS) is 11.7. The molecule has 0 radical (unpaired) electrons. The number of nitrogens with zero attached hydrogens (tertiary/aromatic N) is 2. The summed E-state index contributed by atoms with van der Waals surface area (Å²) < 4.78 is 0.855. The van der Waals surface area contributed by atoms with Gasteiger partial charge < -0.3 is 0 Å². The number of nitrogens with two attached hydrogens (primary N) is 1. The standard InChI is InChI=1S/C16H13N3S3/c17-22(13-7-3-1-4-8-13,14-9-5-2-6-10-14)16-19-15(11-21-16)18-12-20/h1-11H,17H2. The highest BCUT2D eigenvalue weighted by atomic mass is 32.3. The molecule has 0 bridgehead atoms. The zero-order valence-corrected chi connectivity index (χ0v) is 14.0. The van der Waals surface area contributed by atoms with Crippen LogP contribution in [0.1, 0.15) is 0 Å². The van der Waals surface area contributed by atoms with Gasteiger partial charge in [0.15, 0.2) is 10.2 Å². The van der Waals surface area contributed by atoms with E-state index >= 15 is 0 Å². The predicted molar refractivity (Wildman–Crippen MR) is 96.3 cm³/mol. The van der Waals surface area contributed by atoms with E-state index in [0.29, 0.717) is 5.82 Å². The molecule has 0 spiro atoms. The minimum atomic E-state index is -1.89. The first-order valence-corrected chi connectivity index (χ1v) is 9.48. The fraction of sp³-hybridized carbons (Fsp3) is 0. The average Bonchev–Trinajstić information content (AvgIpc) is 3.05. The molecule has 0 amide bonds. The van der Waals surface area contributed by atoms with Crippen LogP contribution in [0.3, 0.4) is 0 Å². The van der Waals surface area contributed by atoms with Gasteiger partial charge >= 0.3 is 0 Å². The maximum Gasteiger partial charge on any atom is 0.174 e. The van der Waals surface area contributed by atoms with E-state index < -0.39 is 10.2 Å². The number of isothiocyanates is 1. The number of thiocarbonyl (C=S) groups is 1. The first-order valence-electron chi connectivity index (χ1n) is 6.50. The summed E-state index contributed by atoms with van der Waals surface area (Å²) in [5, 5.41) is 11.1. The summed E-state index contributed by atoms with van der Waals surface area (Å²) >= 11 is 6.15. The van der Waals surface area contributed by atoms with Crippen molar-refractivity contribution in [1.82, 2.24) is 4.98 Å². The fourth-order valence-electron chi connectivity index (χ4n) is 2.10. The lowest BCUT2D eigenvalue weighted by molar-refractivity contribution is 1.18. The Balaban J connectivity index is 2.21. The first-order chi connectivity index (χ1) is 10.7. The molecule has 0 aliphatic heterocycles. The van der Waals surface area contributed by atoms with E-state index in [1.54, 1.807) is 0 Å². The molecule has 0 unspecified atom stereocenters. The van der Waals surface area contributed by atoms with Crippen LogP contribution in [-0.2, 0) is 0 Å². The van der Waals surface area contributed by atoms with E-state index in [2.05, 4.69) is 27.4 Å². The third-order valence-corrected chi connectivity index (χ3v) is 7.60. The van der Waals surface area contributed by atoms with E-state index in [4.69, 9.17) is 5.14 Å². The quantitative estimate of drug-likeness (QED) is 0.534. The lowest BCUT2D eigenvalue weighted by atomic mass is 10.4. The Hall–Kier alpha value is -1.82. The SMILES string of the molecule is NS(c1ccccc1)(c1ccccc1)c1nc(N=C=S)cs1. The third-order valence-electron chi connectivity index (χ3n) is 3.14. The second-order valence-electron chi connectivity index (χ2n) is 4.46. The van der Waals surface area contributed by atoms with Gasteiger partial charge in [-0.25, -0.2) is 4.98 Å². The Morgan fingerprint density at radius 2 is 1.55 bits per heavy atom. The number of hydrogen-bond acceptors (Lipinski definition) is 5. The van der Waals surface area contributed by atoms with Crippen LogP contribution in [0.4, 0.5) is 5.82 Å². The van der Waals surface area contributed by atoms with Crippen molar-refractivity contribution in [3.63, 3.8) is 0 Å². The van der Waals surface area contributed by atoms with Crippen LogP contribution >= 0.6 is 33.8 Å². The molecule has 0 aliphatic carbocycles. The van der Waals surface area contributed by atoms with Crippen LogP contribution in [0.15, 0.2) is 85.2 Å². The van der Waals surface area contributed by atoms with Gasteiger partial charge in [0.05, 0.1) is 5.16 Å². The molecule has 1 aromatic heterocycles. The van der Waals surface area contributed by atoms with Crippen molar-refractivity contribution >= 4 is 44.7 Å². The van der Waals surface area contributed by atoms with Crippen molar-refractivity contribution in [2.24, 2.45) is 10.1 Å². The molecule has 0 atom stereocenters. The fourth-order valence-corrected chi connectivity index (χ4v) is 6.07. The van der Waals surface area contributed by atoms with Crippen molar-refractivity contribution in [2.75, 3.05) is 0 Å². The molecule has 0 aliphatic rings. The van der Waals surface area contributed by atoms with Crippen LogP contribution in [-0.4, -0.2) is 10.1 Å². The Morgan fingerprint density at radius 1 is 1.00 bits per heavy atom. The van der Waals surface area contributed by atoms with Crippen LogP contribution < -0.4 is 5.14 Å². The Labute approximate surface area is 140 Å². The molecule has 0 saturated heterocycles. The molecule has 1 heterocycles. The number of benzene rings is 2. The largest absolute Gasteiger partial charge is 0.282 e. The highest BCUT2D eigenvalue weighted by Crippen LogP contribution is 2.63. The predicted octanol–water partition coefficient (Wildman–Crippen LogP) is 5.03. The molecular weight excluding hydrogens is 330 g/mol. The summed E-state index contributed by atoms with van der Waals surface area (Å²) in [6.07, 6.45) is 0. The topological polar surface area (TPSA) is 51.3 Å². The van der Waals surface area contributed by atoms with Crippen molar-refractivity contribution in [2.45, 2.75) is 14.1 Å². The number of aromatic nitrogens is 1. The summed E-state index contributed by atoms with van der Waals surface area (Å²) in [4.78, 5) is 10.6. The smallest absolute Gasteiger partial charge is 0.174 e. The third kappa shape index (κ3) is 2.75. The number of aliphatic imine (C=N–C) groups is 1. The van der Waals surface area contributed by atoms with Crippen molar-refractivity contribution < 1.29 is 0 Å². The average molecular weight is 344 g/mol. The molecule has 3 nitrogen and oxygen atoms in total. The van der Waals surface area contributed by atoms with Crippen molar-refractivity contribution in [3.05, 3.63) is 66.0 Å². The molecule has 3 aromatic rings. The summed E-state index contributed by atoms with van der Waals surface area (Å²) in [6.45, 7) is 0. The van der Waals surface area contributed by atoms with E-state index in [1.165, 1.54) is 11.3 Å². The van der Waals surface area contributed by atoms with Gasteiger partial charge in [0, 0.05) is 15.2 Å². The monoisotopic (exact) mass is 343 g/mol. The minimum Gasteiger partial charge on any atom is -0.282 e. The maximum atomic E-state index is 6.91. The Kier molecular flexibility index (Phi) is 4.47. The zero-order valence-electron chi connectivity index (χ0n) is 11.5. The van der Waals surface area contributed by atoms with Gasteiger partial charge in [0.1, 0.15) is 0 Å². The van der Waals surface area contributed by atoms with Crippen LogP contribution in [0.2, 0.25) is 0 Å². The van der Waals surface area contributed by atoms with Crippen LogP contribution in [0, 0.1) is 0 Å². The van der Waals surface area contributed by atoms with Gasteiger partial charge in [-0.2, -0.15) is 4.99 Å². The highest BCUT2D eigenvalue weighted by molar-refractivity contribution is 8.33. The minimum absolute atomic E-state index is 0.559. The molecular formula is C16H13N3S3. The van der Waals surface area contributed by atoms with Crippen LogP contribution in [0.5, 0.6) is 0 Å². The van der Waals surface area contributed by atoms with Gasteiger partial charge in [-0.15, -0.1) is 11.3 Å². The van der Waals surface area contributed by atoms with Gasteiger partial charge in [-0.05, 0) is 36.5 Å². The number of hydrogen-bond donors (Lipinski definition) is 1. The molecule has 0 saturated carbocycles. The molecule has 2 aromatic carbocycles. The zero-order chi connectivity index (χ0) is 15.4. The van der Waals surface area contributed by atoms with Gasteiger partial charge in [-0.1, -0.05) is 46.6 Å². The molecule has 110 valence electrons. The molecule has 0 fully saturated rings. The van der Waals surface area contributed by atoms with E-state index in [-0.39, 0.29) is 0 Å². The summed E-state index contributed by atoms with van der Waals surface area (Å²) in [6, 6.07) is 20.1. The molecule has 22 heavy (non-hydrogen) atoms. The summed E-state index contributed by atoms with van der Waals surface area (Å²) in [7, 11) is -1.89. The molecule has 3 rings (SSSR count). The van der Waals surface area contributed by atoms with E-state index in [0.717, 1.165) is 14.1 Å². The van der Waals surface area contributed by atoms with Gasteiger partial charge in [0.25, 0.3) is 0 Å². The first kappa shape index (κ1) is 15.1. The van der Waals surface area contributed by atoms with E-state index in [9.17, 15) is 0 Å². The maximum absolute atomic E-state index is 6.91. The number of rotatable bonds is 4. The number of thiazole rings is 1. The van der Waals surface area contributed by atoms with E-state index in [1.807, 2.05) is 66.0 Å². The highest BCUT2D eigenvalue weighted by Gasteiger charge is 2.29. The Morgan fingerprint density at radius 3 is 2.05 bits per heavy atom.